The summed E-state index contributed by atoms with van der Waals surface area (Å²) < 4.78 is 1.14. The molecule has 0 heterocycles. The normalized spacial score (nSPS) is 12.1. The lowest BCUT2D eigenvalue weighted by Crippen LogP contribution is -2.28. The fourth-order valence-corrected chi connectivity index (χ4v) is 2.23. The quantitative estimate of drug-likeness (QED) is 0.385. The second-order valence-corrected chi connectivity index (χ2v) is 4.73. The van der Waals surface area contributed by atoms with E-state index in [1.54, 1.807) is 0 Å². The minimum atomic E-state index is 0.0617. The maximum atomic E-state index is 5.94. The molecule has 0 aliphatic heterocycles. The van der Waals surface area contributed by atoms with E-state index < -0.39 is 0 Å². The van der Waals surface area contributed by atoms with Crippen LogP contribution in [0.2, 0.25) is 5.02 Å². The molecule has 0 aromatic heterocycles. The number of nitrogens with one attached hydrogen (secondary N) is 1. The topological polar surface area (TPSA) is 38.0 Å². The van der Waals surface area contributed by atoms with Crippen molar-refractivity contribution in [2.75, 3.05) is 0 Å². The third-order valence-corrected chi connectivity index (χ3v) is 3.33. The van der Waals surface area contributed by atoms with Crippen LogP contribution in [0.4, 0.5) is 0 Å². The number of halogens is 2. The largest absolute Gasteiger partial charge is 0.271 e. The number of hydrogen-bond acceptors (Lipinski definition) is 2. The Morgan fingerprint density at radius 2 is 2.33 bits per heavy atom. The van der Waals surface area contributed by atoms with Gasteiger partial charge < -0.3 is 0 Å². The lowest BCUT2D eigenvalue weighted by molar-refractivity contribution is 0.522. The molecule has 4 heteroatoms. The van der Waals surface area contributed by atoms with E-state index in [0.29, 0.717) is 11.4 Å². The molecule has 0 bridgehead atoms. The molecule has 1 aromatic carbocycles. The molecule has 0 fully saturated rings. The van der Waals surface area contributed by atoms with Crippen LogP contribution >= 0.6 is 34.2 Å². The maximum absolute atomic E-state index is 5.94. The van der Waals surface area contributed by atoms with Gasteiger partial charge in [-0.3, -0.25) is 11.3 Å². The average Bonchev–Trinajstić information content (AvgIpc) is 2.24. The zero-order valence-electron chi connectivity index (χ0n) is 8.13. The van der Waals surface area contributed by atoms with Gasteiger partial charge in [-0.05, 0) is 52.8 Å². The van der Waals surface area contributed by atoms with Gasteiger partial charge in [-0.15, -0.1) is 12.3 Å². The van der Waals surface area contributed by atoms with E-state index in [0.717, 1.165) is 15.6 Å². The van der Waals surface area contributed by atoms with Crippen molar-refractivity contribution >= 4 is 34.2 Å². The van der Waals surface area contributed by atoms with Gasteiger partial charge >= 0.3 is 0 Å². The Labute approximate surface area is 109 Å². The van der Waals surface area contributed by atoms with Crippen LogP contribution in [0.1, 0.15) is 24.4 Å². The molecule has 1 unspecified atom stereocenters. The number of terminal acetylenes is 1. The summed E-state index contributed by atoms with van der Waals surface area (Å²) >= 11 is 8.20. The maximum Gasteiger partial charge on any atom is 0.0480 e. The number of hydrogen-bond donors (Lipinski definition) is 2. The van der Waals surface area contributed by atoms with Crippen LogP contribution < -0.4 is 11.3 Å². The molecule has 1 aromatic rings. The Hall–Kier alpha value is -0.280. The Balaban J connectivity index is 2.91. The summed E-state index contributed by atoms with van der Waals surface area (Å²) in [5.74, 6) is 8.10. The Kier molecular flexibility index (Phi) is 5.40. The molecule has 0 amide bonds. The van der Waals surface area contributed by atoms with Gasteiger partial charge in [0.1, 0.15) is 0 Å². The zero-order valence-corrected chi connectivity index (χ0v) is 11.0. The lowest BCUT2D eigenvalue weighted by Gasteiger charge is -2.16. The molecule has 0 saturated heterocycles. The summed E-state index contributed by atoms with van der Waals surface area (Å²) in [4.78, 5) is 0. The Morgan fingerprint density at radius 3 is 2.93 bits per heavy atom. The fraction of sp³-hybridized carbons (Fsp3) is 0.273. The van der Waals surface area contributed by atoms with Crippen LogP contribution in [0, 0.1) is 15.9 Å². The molecule has 3 N–H and O–H groups in total. The minimum Gasteiger partial charge on any atom is -0.271 e. The van der Waals surface area contributed by atoms with Gasteiger partial charge in [0.15, 0.2) is 0 Å². The molecule has 0 aliphatic carbocycles. The molecule has 0 saturated carbocycles. The fourth-order valence-electron chi connectivity index (χ4n) is 1.34. The van der Waals surface area contributed by atoms with Crippen molar-refractivity contribution in [3.8, 4) is 12.3 Å². The average molecular weight is 335 g/mol. The number of rotatable bonds is 4. The first kappa shape index (κ1) is 12.8. The van der Waals surface area contributed by atoms with Gasteiger partial charge in [0.05, 0.1) is 0 Å². The summed E-state index contributed by atoms with van der Waals surface area (Å²) in [6.45, 7) is 0. The van der Waals surface area contributed by atoms with Crippen molar-refractivity contribution in [1.82, 2.24) is 5.43 Å². The van der Waals surface area contributed by atoms with Crippen LogP contribution in [-0.4, -0.2) is 0 Å². The summed E-state index contributed by atoms with van der Waals surface area (Å²) in [6, 6.07) is 5.82. The monoisotopic (exact) mass is 334 g/mol. The highest BCUT2D eigenvalue weighted by Gasteiger charge is 2.12. The van der Waals surface area contributed by atoms with Gasteiger partial charge in [-0.2, -0.15) is 0 Å². The Morgan fingerprint density at radius 1 is 1.60 bits per heavy atom. The standard InChI is InChI=1S/C11H12ClIN2/c1-2-3-4-11(15-14)9-7-8(12)5-6-10(9)13/h1,5-7,11,15H,3-4,14H2. The predicted molar refractivity (Wildman–Crippen MR) is 72.3 cm³/mol. The van der Waals surface area contributed by atoms with E-state index in [2.05, 4.69) is 33.9 Å². The first-order chi connectivity index (χ1) is 7.19. The summed E-state index contributed by atoms with van der Waals surface area (Å²) in [7, 11) is 0. The number of hydrazine groups is 1. The minimum absolute atomic E-state index is 0.0617. The zero-order chi connectivity index (χ0) is 11.3. The smallest absolute Gasteiger partial charge is 0.0480 e. The summed E-state index contributed by atoms with van der Waals surface area (Å²) in [6.07, 6.45) is 6.73. The predicted octanol–water partition coefficient (Wildman–Crippen LogP) is 2.86. The molecule has 1 rings (SSSR count). The van der Waals surface area contributed by atoms with Gasteiger partial charge in [0.2, 0.25) is 0 Å². The first-order valence-electron chi connectivity index (χ1n) is 4.53. The van der Waals surface area contributed by atoms with Gasteiger partial charge in [-0.25, -0.2) is 0 Å². The van der Waals surface area contributed by atoms with Gasteiger partial charge in [0, 0.05) is 21.1 Å². The number of benzene rings is 1. The van der Waals surface area contributed by atoms with Crippen molar-refractivity contribution in [3.63, 3.8) is 0 Å². The molecule has 2 nitrogen and oxygen atoms in total. The van der Waals surface area contributed by atoms with E-state index in [4.69, 9.17) is 23.9 Å². The summed E-state index contributed by atoms with van der Waals surface area (Å²) in [5, 5.41) is 0.714. The van der Waals surface area contributed by atoms with E-state index in [9.17, 15) is 0 Å². The molecule has 1 atom stereocenters. The third kappa shape index (κ3) is 3.65. The number of nitrogens with two attached hydrogens (primary N) is 1. The molecular weight excluding hydrogens is 322 g/mol. The van der Waals surface area contributed by atoms with Crippen molar-refractivity contribution < 1.29 is 0 Å². The van der Waals surface area contributed by atoms with E-state index >= 15 is 0 Å². The highest BCUT2D eigenvalue weighted by atomic mass is 127. The molecular formula is C11H12ClIN2. The van der Waals surface area contributed by atoms with Gasteiger partial charge in [0.25, 0.3) is 0 Å². The van der Waals surface area contributed by atoms with Gasteiger partial charge in [-0.1, -0.05) is 11.6 Å². The summed E-state index contributed by atoms with van der Waals surface area (Å²) in [5.41, 5.74) is 3.86. The van der Waals surface area contributed by atoms with Crippen molar-refractivity contribution in [2.24, 2.45) is 5.84 Å². The van der Waals surface area contributed by atoms with E-state index in [1.165, 1.54) is 0 Å². The van der Waals surface area contributed by atoms with Crippen LogP contribution in [0.15, 0.2) is 18.2 Å². The lowest BCUT2D eigenvalue weighted by atomic mass is 10.0. The van der Waals surface area contributed by atoms with Crippen LogP contribution in [0.5, 0.6) is 0 Å². The highest BCUT2D eigenvalue weighted by Crippen LogP contribution is 2.26. The van der Waals surface area contributed by atoms with Crippen LogP contribution in [0.25, 0.3) is 0 Å². The molecule has 0 radical (unpaired) electrons. The van der Waals surface area contributed by atoms with E-state index in [-0.39, 0.29) is 6.04 Å². The molecule has 15 heavy (non-hydrogen) atoms. The SMILES string of the molecule is C#CCCC(NN)c1cc(Cl)ccc1I. The van der Waals surface area contributed by atoms with Crippen molar-refractivity contribution in [1.29, 1.82) is 0 Å². The Bertz CT molecular complexity index is 373. The second kappa shape index (κ2) is 6.33. The first-order valence-corrected chi connectivity index (χ1v) is 5.99. The van der Waals surface area contributed by atoms with E-state index in [1.807, 2.05) is 18.2 Å². The van der Waals surface area contributed by atoms with Crippen molar-refractivity contribution in [3.05, 3.63) is 32.4 Å². The highest BCUT2D eigenvalue weighted by molar-refractivity contribution is 14.1. The van der Waals surface area contributed by atoms with Crippen molar-refractivity contribution in [2.45, 2.75) is 18.9 Å². The molecule has 80 valence electrons. The third-order valence-electron chi connectivity index (χ3n) is 2.11. The molecule has 0 aliphatic rings. The molecule has 0 spiro atoms. The second-order valence-electron chi connectivity index (χ2n) is 3.13. The van der Waals surface area contributed by atoms with Crippen LogP contribution in [0.3, 0.4) is 0 Å². The van der Waals surface area contributed by atoms with Crippen LogP contribution in [-0.2, 0) is 0 Å².